The SMILES string of the molecule is Cc1ccc(C(=O)N(c2c(Cl)cccc2Cl)[Si](C)(C)C)cc1C. The van der Waals surface area contributed by atoms with E-state index in [0.29, 0.717) is 21.3 Å². The van der Waals surface area contributed by atoms with Gasteiger partial charge in [-0.1, -0.05) is 55.0 Å². The number of nitrogens with zero attached hydrogens (tertiary/aromatic N) is 1. The fourth-order valence-electron chi connectivity index (χ4n) is 2.45. The van der Waals surface area contributed by atoms with Crippen LogP contribution < -0.4 is 4.57 Å². The predicted molar refractivity (Wildman–Crippen MR) is 103 cm³/mol. The van der Waals surface area contributed by atoms with E-state index in [-0.39, 0.29) is 5.91 Å². The second kappa shape index (κ2) is 6.68. The van der Waals surface area contributed by atoms with Crippen LogP contribution in [0, 0.1) is 13.8 Å². The quantitative estimate of drug-likeness (QED) is 0.602. The molecule has 2 aromatic rings. The van der Waals surface area contributed by atoms with Crippen LogP contribution in [-0.2, 0) is 0 Å². The Balaban J connectivity index is 2.60. The molecule has 0 heterocycles. The first-order chi connectivity index (χ1) is 10.6. The van der Waals surface area contributed by atoms with E-state index in [1.807, 2.05) is 36.6 Å². The van der Waals surface area contributed by atoms with Crippen molar-refractivity contribution in [1.82, 2.24) is 0 Å². The summed E-state index contributed by atoms with van der Waals surface area (Å²) >= 11 is 12.7. The van der Waals surface area contributed by atoms with Crippen LogP contribution in [0.25, 0.3) is 0 Å². The van der Waals surface area contributed by atoms with E-state index in [1.165, 1.54) is 0 Å². The summed E-state index contributed by atoms with van der Waals surface area (Å²) in [5, 5.41) is 0.995. The first-order valence-corrected chi connectivity index (χ1v) is 11.7. The lowest BCUT2D eigenvalue weighted by atomic mass is 10.1. The molecule has 122 valence electrons. The Morgan fingerprint density at radius 1 is 0.957 bits per heavy atom. The Hall–Kier alpha value is -1.29. The van der Waals surface area contributed by atoms with E-state index in [0.717, 1.165) is 11.1 Å². The van der Waals surface area contributed by atoms with E-state index < -0.39 is 8.24 Å². The van der Waals surface area contributed by atoms with Gasteiger partial charge in [0.2, 0.25) is 5.91 Å². The molecule has 0 aromatic heterocycles. The van der Waals surface area contributed by atoms with Crippen molar-refractivity contribution in [3.05, 3.63) is 63.1 Å². The number of benzene rings is 2. The number of para-hydroxylation sites is 1. The highest BCUT2D eigenvalue weighted by Gasteiger charge is 2.33. The summed E-state index contributed by atoms with van der Waals surface area (Å²) in [4.78, 5) is 13.2. The molecule has 0 N–H and O–H groups in total. The molecule has 2 aromatic carbocycles. The Kier molecular flexibility index (Phi) is 5.24. The van der Waals surface area contributed by atoms with Crippen molar-refractivity contribution in [1.29, 1.82) is 0 Å². The first kappa shape index (κ1) is 18.1. The van der Waals surface area contributed by atoms with Gasteiger partial charge in [0, 0.05) is 5.56 Å². The minimum absolute atomic E-state index is 0.0535. The van der Waals surface area contributed by atoms with Gasteiger partial charge in [-0.2, -0.15) is 0 Å². The number of carbonyl (C=O) groups excluding carboxylic acids is 1. The van der Waals surface area contributed by atoms with Crippen LogP contribution in [0.5, 0.6) is 0 Å². The number of hydrogen-bond donors (Lipinski definition) is 0. The molecular formula is C18H21Cl2NOSi. The van der Waals surface area contributed by atoms with Crippen LogP contribution in [0.1, 0.15) is 21.5 Å². The Morgan fingerprint density at radius 2 is 1.52 bits per heavy atom. The molecular weight excluding hydrogens is 345 g/mol. The second-order valence-corrected chi connectivity index (χ2v) is 12.3. The molecule has 0 aliphatic carbocycles. The van der Waals surface area contributed by atoms with Crippen LogP contribution in [0.4, 0.5) is 5.69 Å². The lowest BCUT2D eigenvalue weighted by Gasteiger charge is -2.35. The minimum Gasteiger partial charge on any atom is -0.334 e. The van der Waals surface area contributed by atoms with Gasteiger partial charge < -0.3 is 4.57 Å². The highest BCUT2D eigenvalue weighted by molar-refractivity contribution is 6.84. The van der Waals surface area contributed by atoms with Crippen molar-refractivity contribution in [2.45, 2.75) is 33.5 Å². The summed E-state index contributed by atoms with van der Waals surface area (Å²) in [7, 11) is -2.05. The molecule has 0 fully saturated rings. The van der Waals surface area contributed by atoms with Crippen molar-refractivity contribution in [3.8, 4) is 0 Å². The maximum Gasteiger partial charge on any atom is 0.250 e. The van der Waals surface area contributed by atoms with Gasteiger partial charge in [0.15, 0.2) is 8.24 Å². The smallest absolute Gasteiger partial charge is 0.250 e. The van der Waals surface area contributed by atoms with Crippen LogP contribution in [0.3, 0.4) is 0 Å². The molecule has 0 aliphatic rings. The molecule has 2 rings (SSSR count). The average molecular weight is 366 g/mol. The van der Waals surface area contributed by atoms with Gasteiger partial charge in [-0.05, 0) is 49.2 Å². The molecule has 0 bridgehead atoms. The Morgan fingerprint density at radius 3 is 2.00 bits per heavy atom. The highest BCUT2D eigenvalue weighted by atomic mass is 35.5. The van der Waals surface area contributed by atoms with Gasteiger partial charge in [0.1, 0.15) is 0 Å². The van der Waals surface area contributed by atoms with E-state index in [4.69, 9.17) is 23.2 Å². The lowest BCUT2D eigenvalue weighted by molar-refractivity contribution is 0.100. The summed E-state index contributed by atoms with van der Waals surface area (Å²) in [5.41, 5.74) is 3.53. The van der Waals surface area contributed by atoms with Gasteiger partial charge in [0.25, 0.3) is 0 Å². The number of aryl methyl sites for hydroxylation is 2. The second-order valence-electron chi connectivity index (χ2n) is 6.68. The lowest BCUT2D eigenvalue weighted by Crippen LogP contribution is -2.50. The fraction of sp³-hybridized carbons (Fsp3) is 0.278. The van der Waals surface area contributed by atoms with Gasteiger partial charge in [-0.25, -0.2) is 0 Å². The standard InChI is InChI=1S/C18H21Cl2NOSi/c1-12-9-10-14(11-13(12)2)18(22)21(23(3,4)5)17-15(19)7-6-8-16(17)20/h6-11H,1-5H3. The molecule has 2 nitrogen and oxygen atoms in total. The van der Waals surface area contributed by atoms with Gasteiger partial charge in [-0.15, -0.1) is 0 Å². The number of hydrogen-bond acceptors (Lipinski definition) is 1. The molecule has 0 atom stereocenters. The Labute approximate surface area is 149 Å². The third kappa shape index (κ3) is 3.79. The summed E-state index contributed by atoms with van der Waals surface area (Å²) in [6.07, 6.45) is 0. The molecule has 0 aliphatic heterocycles. The normalized spacial score (nSPS) is 11.4. The van der Waals surface area contributed by atoms with E-state index in [9.17, 15) is 4.79 Å². The number of anilines is 1. The molecule has 5 heteroatoms. The predicted octanol–water partition coefficient (Wildman–Crippen LogP) is 6.09. The maximum absolute atomic E-state index is 13.2. The molecule has 0 spiro atoms. The van der Waals surface area contributed by atoms with Crippen LogP contribution in [0.15, 0.2) is 36.4 Å². The number of halogens is 2. The Bertz CT molecular complexity index is 733. The van der Waals surface area contributed by atoms with Crippen molar-refractivity contribution in [3.63, 3.8) is 0 Å². The van der Waals surface area contributed by atoms with Crippen LogP contribution in [0.2, 0.25) is 29.7 Å². The number of rotatable bonds is 3. The maximum atomic E-state index is 13.2. The highest BCUT2D eigenvalue weighted by Crippen LogP contribution is 2.37. The van der Waals surface area contributed by atoms with Crippen molar-refractivity contribution >= 4 is 43.0 Å². The molecule has 0 saturated carbocycles. The van der Waals surface area contributed by atoms with Gasteiger partial charge in [0.05, 0.1) is 15.7 Å². The average Bonchev–Trinajstić information content (AvgIpc) is 2.44. The molecule has 0 unspecified atom stereocenters. The largest absolute Gasteiger partial charge is 0.334 e. The van der Waals surface area contributed by atoms with Crippen molar-refractivity contribution in [2.75, 3.05) is 4.57 Å². The van der Waals surface area contributed by atoms with Crippen LogP contribution >= 0.6 is 23.2 Å². The zero-order valence-corrected chi connectivity index (χ0v) is 16.6. The number of amides is 1. The van der Waals surface area contributed by atoms with Gasteiger partial charge >= 0.3 is 0 Å². The fourth-order valence-corrected chi connectivity index (χ4v) is 4.81. The molecule has 0 radical (unpaired) electrons. The number of carbonyl (C=O) groups is 1. The van der Waals surface area contributed by atoms with E-state index in [2.05, 4.69) is 19.6 Å². The van der Waals surface area contributed by atoms with E-state index in [1.54, 1.807) is 18.2 Å². The minimum atomic E-state index is -2.05. The van der Waals surface area contributed by atoms with Crippen molar-refractivity contribution < 1.29 is 4.79 Å². The summed E-state index contributed by atoms with van der Waals surface area (Å²) in [5.74, 6) is -0.0535. The summed E-state index contributed by atoms with van der Waals surface area (Å²) < 4.78 is 1.81. The third-order valence-electron chi connectivity index (χ3n) is 3.79. The van der Waals surface area contributed by atoms with Crippen molar-refractivity contribution in [2.24, 2.45) is 0 Å². The zero-order chi connectivity index (χ0) is 17.4. The summed E-state index contributed by atoms with van der Waals surface area (Å²) in [6, 6.07) is 11.1. The molecule has 23 heavy (non-hydrogen) atoms. The zero-order valence-electron chi connectivity index (χ0n) is 14.1. The van der Waals surface area contributed by atoms with E-state index >= 15 is 0 Å². The monoisotopic (exact) mass is 365 g/mol. The molecule has 1 amide bonds. The van der Waals surface area contributed by atoms with Crippen LogP contribution in [-0.4, -0.2) is 14.1 Å². The summed E-state index contributed by atoms with van der Waals surface area (Å²) in [6.45, 7) is 10.3. The van der Waals surface area contributed by atoms with Gasteiger partial charge in [-0.3, -0.25) is 4.79 Å². The topological polar surface area (TPSA) is 20.3 Å². The molecule has 0 saturated heterocycles. The first-order valence-electron chi connectivity index (χ1n) is 7.48. The third-order valence-corrected chi connectivity index (χ3v) is 6.17.